The van der Waals surface area contributed by atoms with Crippen molar-refractivity contribution in [3.05, 3.63) is 65.7 Å². The molecule has 0 spiro atoms. The molecule has 1 heterocycles. The van der Waals surface area contributed by atoms with Gasteiger partial charge in [0.05, 0.1) is 17.2 Å². The monoisotopic (exact) mass is 351 g/mol. The van der Waals surface area contributed by atoms with Crippen LogP contribution in [0.1, 0.15) is 51.8 Å². The molecule has 3 rings (SSSR count). The van der Waals surface area contributed by atoms with Gasteiger partial charge in [-0.3, -0.25) is 4.79 Å². The van der Waals surface area contributed by atoms with Crippen LogP contribution in [0.25, 0.3) is 0 Å². The Hall–Kier alpha value is -2.11. The molecule has 1 aliphatic heterocycles. The second-order valence-corrected chi connectivity index (χ2v) is 7.80. The van der Waals surface area contributed by atoms with Gasteiger partial charge in [-0.1, -0.05) is 54.6 Å². The van der Waals surface area contributed by atoms with Gasteiger partial charge in [0.15, 0.2) is 0 Å². The van der Waals surface area contributed by atoms with Gasteiger partial charge in [-0.15, -0.1) is 0 Å². The van der Waals surface area contributed by atoms with E-state index in [9.17, 15) is 4.79 Å². The van der Waals surface area contributed by atoms with E-state index in [1.165, 1.54) is 6.92 Å². The first-order valence-electron chi connectivity index (χ1n) is 8.97. The largest absolute Gasteiger partial charge is 0.494 e. The van der Waals surface area contributed by atoms with E-state index in [1.807, 2.05) is 82.3 Å². The standard InChI is InChI=1S/C21H26BNO3/c1-15(24)23-19(16-9-7-6-8-10-16)17-11-13-18(14-12-17)22-25-20(2,3)21(4,5)26-22/h6-14,19H,1-5H3,(H,23,24). The van der Waals surface area contributed by atoms with Crippen molar-refractivity contribution in [1.82, 2.24) is 5.32 Å². The highest BCUT2D eigenvalue weighted by atomic mass is 16.7. The van der Waals surface area contributed by atoms with E-state index < -0.39 is 0 Å². The highest BCUT2D eigenvalue weighted by Gasteiger charge is 2.51. The number of amides is 1. The maximum Gasteiger partial charge on any atom is 0.494 e. The maximum atomic E-state index is 11.7. The minimum atomic E-state index is -0.384. The molecule has 136 valence electrons. The Bertz CT molecular complexity index is 756. The molecule has 2 aromatic carbocycles. The normalized spacial score (nSPS) is 19.2. The topological polar surface area (TPSA) is 47.6 Å². The van der Waals surface area contributed by atoms with Crippen molar-refractivity contribution in [2.75, 3.05) is 0 Å². The number of nitrogens with one attached hydrogen (secondary N) is 1. The number of carbonyl (C=O) groups is 1. The molecule has 1 amide bonds. The molecule has 1 unspecified atom stereocenters. The fourth-order valence-corrected chi connectivity index (χ4v) is 3.03. The van der Waals surface area contributed by atoms with Gasteiger partial charge in [0.1, 0.15) is 0 Å². The molecule has 1 fully saturated rings. The Kier molecular flexibility index (Phi) is 4.95. The molecule has 1 saturated heterocycles. The minimum Gasteiger partial charge on any atom is -0.399 e. The lowest BCUT2D eigenvalue weighted by Gasteiger charge is -2.32. The predicted molar refractivity (Wildman–Crippen MR) is 104 cm³/mol. The average Bonchev–Trinajstić information content (AvgIpc) is 2.81. The van der Waals surface area contributed by atoms with Gasteiger partial charge < -0.3 is 14.6 Å². The zero-order chi connectivity index (χ0) is 18.9. The van der Waals surface area contributed by atoms with Crippen molar-refractivity contribution in [2.24, 2.45) is 0 Å². The average molecular weight is 351 g/mol. The lowest BCUT2D eigenvalue weighted by molar-refractivity contribution is -0.119. The van der Waals surface area contributed by atoms with E-state index in [-0.39, 0.29) is 30.3 Å². The predicted octanol–water partition coefficient (Wildman–Crippen LogP) is 3.21. The third-order valence-corrected chi connectivity index (χ3v) is 5.28. The zero-order valence-electron chi connectivity index (χ0n) is 16.1. The lowest BCUT2D eigenvalue weighted by Crippen LogP contribution is -2.41. The summed E-state index contributed by atoms with van der Waals surface area (Å²) in [5.41, 5.74) is 2.32. The first kappa shape index (κ1) is 18.7. The van der Waals surface area contributed by atoms with Gasteiger partial charge in [-0.2, -0.15) is 0 Å². The summed E-state index contributed by atoms with van der Waals surface area (Å²) < 4.78 is 12.2. The van der Waals surface area contributed by atoms with Crippen LogP contribution in [0.5, 0.6) is 0 Å². The van der Waals surface area contributed by atoms with E-state index in [4.69, 9.17) is 9.31 Å². The van der Waals surface area contributed by atoms with Crippen molar-refractivity contribution < 1.29 is 14.1 Å². The number of hydrogen-bond acceptors (Lipinski definition) is 3. The number of benzene rings is 2. The molecule has 5 heteroatoms. The number of rotatable bonds is 4. The van der Waals surface area contributed by atoms with Crippen molar-refractivity contribution in [3.8, 4) is 0 Å². The van der Waals surface area contributed by atoms with E-state index in [2.05, 4.69) is 5.32 Å². The summed E-state index contributed by atoms with van der Waals surface area (Å²) in [6, 6.07) is 17.8. The molecule has 1 N–H and O–H groups in total. The molecule has 1 atom stereocenters. The van der Waals surface area contributed by atoms with E-state index in [0.29, 0.717) is 0 Å². The maximum absolute atomic E-state index is 11.7. The van der Waals surface area contributed by atoms with Crippen LogP contribution in [0.2, 0.25) is 0 Å². The number of carbonyl (C=O) groups excluding carboxylic acids is 1. The highest BCUT2D eigenvalue weighted by Crippen LogP contribution is 2.36. The number of hydrogen-bond donors (Lipinski definition) is 1. The van der Waals surface area contributed by atoms with E-state index in [0.717, 1.165) is 16.6 Å². The first-order chi connectivity index (χ1) is 12.2. The van der Waals surface area contributed by atoms with Gasteiger partial charge in [0.2, 0.25) is 5.91 Å². The smallest absolute Gasteiger partial charge is 0.399 e. The molecule has 0 radical (unpaired) electrons. The van der Waals surface area contributed by atoms with Gasteiger partial charge in [-0.05, 0) is 44.3 Å². The van der Waals surface area contributed by atoms with E-state index >= 15 is 0 Å². The zero-order valence-corrected chi connectivity index (χ0v) is 16.1. The minimum absolute atomic E-state index is 0.0612. The summed E-state index contributed by atoms with van der Waals surface area (Å²) >= 11 is 0. The molecular weight excluding hydrogens is 325 g/mol. The highest BCUT2D eigenvalue weighted by molar-refractivity contribution is 6.62. The summed E-state index contributed by atoms with van der Waals surface area (Å²) in [5.74, 6) is -0.0612. The fraction of sp³-hybridized carbons (Fsp3) is 0.381. The van der Waals surface area contributed by atoms with Crippen molar-refractivity contribution in [2.45, 2.75) is 51.9 Å². The molecule has 1 aliphatic rings. The van der Waals surface area contributed by atoms with Crippen molar-refractivity contribution >= 4 is 18.5 Å². The SMILES string of the molecule is CC(=O)NC(c1ccccc1)c1ccc(B2OC(C)(C)C(C)(C)O2)cc1. The van der Waals surface area contributed by atoms with Gasteiger partial charge in [-0.25, -0.2) is 0 Å². The molecular formula is C21H26BNO3. The molecule has 0 aliphatic carbocycles. The third-order valence-electron chi connectivity index (χ3n) is 5.28. The van der Waals surface area contributed by atoms with Gasteiger partial charge in [0.25, 0.3) is 0 Å². The second kappa shape index (κ2) is 6.90. The Labute approximate surface area is 156 Å². The van der Waals surface area contributed by atoms with Crippen LogP contribution < -0.4 is 10.8 Å². The Morgan fingerprint density at radius 1 is 0.885 bits per heavy atom. The van der Waals surface area contributed by atoms with Crippen LogP contribution in [-0.2, 0) is 14.1 Å². The Morgan fingerprint density at radius 3 is 1.88 bits per heavy atom. The summed E-state index contributed by atoms with van der Waals surface area (Å²) in [7, 11) is -0.384. The van der Waals surface area contributed by atoms with E-state index in [1.54, 1.807) is 0 Å². The summed E-state index contributed by atoms with van der Waals surface area (Å²) in [5, 5.41) is 3.03. The Balaban J connectivity index is 1.85. The van der Waals surface area contributed by atoms with Crippen molar-refractivity contribution in [3.63, 3.8) is 0 Å². The molecule has 0 aromatic heterocycles. The first-order valence-corrected chi connectivity index (χ1v) is 8.97. The second-order valence-electron chi connectivity index (χ2n) is 7.80. The van der Waals surface area contributed by atoms with Crippen LogP contribution >= 0.6 is 0 Å². The van der Waals surface area contributed by atoms with Crippen LogP contribution in [0.4, 0.5) is 0 Å². The fourth-order valence-electron chi connectivity index (χ4n) is 3.03. The van der Waals surface area contributed by atoms with Crippen LogP contribution in [-0.4, -0.2) is 24.2 Å². The van der Waals surface area contributed by atoms with Crippen molar-refractivity contribution in [1.29, 1.82) is 0 Å². The Morgan fingerprint density at radius 2 is 1.38 bits per heavy atom. The van der Waals surface area contributed by atoms with Crippen LogP contribution in [0.3, 0.4) is 0 Å². The molecule has 4 nitrogen and oxygen atoms in total. The quantitative estimate of drug-likeness (QED) is 0.861. The van der Waals surface area contributed by atoms with Gasteiger partial charge >= 0.3 is 7.12 Å². The summed E-state index contributed by atoms with van der Waals surface area (Å²) in [6.45, 7) is 9.72. The molecule has 0 saturated carbocycles. The summed E-state index contributed by atoms with van der Waals surface area (Å²) in [4.78, 5) is 11.7. The van der Waals surface area contributed by atoms with Crippen LogP contribution in [0, 0.1) is 0 Å². The summed E-state index contributed by atoms with van der Waals surface area (Å²) in [6.07, 6.45) is 0. The lowest BCUT2D eigenvalue weighted by atomic mass is 9.78. The third kappa shape index (κ3) is 3.69. The molecule has 26 heavy (non-hydrogen) atoms. The van der Waals surface area contributed by atoms with Crippen LogP contribution in [0.15, 0.2) is 54.6 Å². The molecule has 2 aromatic rings. The molecule has 0 bridgehead atoms. The van der Waals surface area contributed by atoms with Gasteiger partial charge in [0, 0.05) is 6.92 Å².